The van der Waals surface area contributed by atoms with Gasteiger partial charge >= 0.3 is 0 Å². The Morgan fingerprint density at radius 3 is 2.87 bits per heavy atom. The molecular formula is C11H13N3S. The average molecular weight is 219 g/mol. The molecule has 3 N–H and O–H groups in total. The SMILES string of the molecule is CNC1=C(C(N)=S)Cc2nc(C)ccc21. The molecule has 1 aliphatic carbocycles. The van der Waals surface area contributed by atoms with Crippen LogP contribution in [0.1, 0.15) is 17.0 Å². The molecule has 0 aliphatic heterocycles. The van der Waals surface area contributed by atoms with Crippen molar-refractivity contribution >= 4 is 22.9 Å². The minimum atomic E-state index is 0.454. The van der Waals surface area contributed by atoms with Crippen LogP contribution >= 0.6 is 12.2 Å². The van der Waals surface area contributed by atoms with Crippen molar-refractivity contribution in [2.24, 2.45) is 5.73 Å². The molecule has 0 saturated heterocycles. The molecule has 0 bridgehead atoms. The summed E-state index contributed by atoms with van der Waals surface area (Å²) >= 11 is 5.03. The monoisotopic (exact) mass is 219 g/mol. The van der Waals surface area contributed by atoms with Gasteiger partial charge in [0, 0.05) is 36.0 Å². The van der Waals surface area contributed by atoms with E-state index in [0.717, 1.165) is 34.6 Å². The lowest BCUT2D eigenvalue weighted by Crippen LogP contribution is -2.15. The summed E-state index contributed by atoms with van der Waals surface area (Å²) in [6.45, 7) is 1.98. The Balaban J connectivity index is 2.54. The zero-order valence-corrected chi connectivity index (χ0v) is 9.61. The molecule has 0 fully saturated rings. The Bertz CT molecular complexity index is 463. The maximum Gasteiger partial charge on any atom is 0.102 e. The molecular weight excluding hydrogens is 206 g/mol. The first-order chi connectivity index (χ1) is 7.13. The summed E-state index contributed by atoms with van der Waals surface area (Å²) in [7, 11) is 1.88. The summed E-state index contributed by atoms with van der Waals surface area (Å²) < 4.78 is 0. The van der Waals surface area contributed by atoms with Crippen molar-refractivity contribution < 1.29 is 0 Å². The Morgan fingerprint density at radius 1 is 1.53 bits per heavy atom. The number of aromatic nitrogens is 1. The Morgan fingerprint density at radius 2 is 2.27 bits per heavy atom. The van der Waals surface area contributed by atoms with E-state index in [1.54, 1.807) is 0 Å². The largest absolute Gasteiger partial charge is 0.390 e. The maximum absolute atomic E-state index is 5.69. The third-order valence-corrected chi connectivity index (χ3v) is 2.82. The van der Waals surface area contributed by atoms with E-state index in [1.165, 1.54) is 0 Å². The number of fused-ring (bicyclic) bond motifs is 1. The van der Waals surface area contributed by atoms with E-state index >= 15 is 0 Å². The third kappa shape index (κ3) is 1.61. The number of nitrogens with one attached hydrogen (secondary N) is 1. The van der Waals surface area contributed by atoms with Crippen LogP contribution in [0.25, 0.3) is 5.70 Å². The van der Waals surface area contributed by atoms with Gasteiger partial charge < -0.3 is 11.1 Å². The molecule has 1 aliphatic rings. The molecule has 0 radical (unpaired) electrons. The summed E-state index contributed by atoms with van der Waals surface area (Å²) in [5, 5.41) is 3.14. The molecule has 0 aromatic carbocycles. The molecule has 78 valence electrons. The van der Waals surface area contributed by atoms with Crippen LogP contribution in [0.2, 0.25) is 0 Å². The second-order valence-electron chi connectivity index (χ2n) is 3.59. The topological polar surface area (TPSA) is 50.9 Å². The number of aryl methyl sites for hydroxylation is 1. The molecule has 1 aromatic heterocycles. The Labute approximate surface area is 94.4 Å². The summed E-state index contributed by atoms with van der Waals surface area (Å²) in [6.07, 6.45) is 0.739. The molecule has 4 heteroatoms. The van der Waals surface area contributed by atoms with E-state index in [4.69, 9.17) is 18.0 Å². The molecule has 1 aromatic rings. The first-order valence-electron chi connectivity index (χ1n) is 4.81. The zero-order chi connectivity index (χ0) is 11.0. The predicted octanol–water partition coefficient (Wildman–Crippen LogP) is 1.16. The van der Waals surface area contributed by atoms with Crippen molar-refractivity contribution in [3.63, 3.8) is 0 Å². The van der Waals surface area contributed by atoms with E-state index in [-0.39, 0.29) is 0 Å². The summed E-state index contributed by atoms with van der Waals surface area (Å²) in [4.78, 5) is 4.94. The fraction of sp³-hybridized carbons (Fsp3) is 0.273. The van der Waals surface area contributed by atoms with Crippen molar-refractivity contribution in [1.82, 2.24) is 10.3 Å². The van der Waals surface area contributed by atoms with Crippen LogP contribution in [-0.4, -0.2) is 17.0 Å². The summed E-state index contributed by atoms with van der Waals surface area (Å²) in [5.41, 5.74) is 10.9. The highest BCUT2D eigenvalue weighted by molar-refractivity contribution is 7.80. The van der Waals surface area contributed by atoms with E-state index < -0.39 is 0 Å². The van der Waals surface area contributed by atoms with Crippen LogP contribution < -0.4 is 11.1 Å². The van der Waals surface area contributed by atoms with Gasteiger partial charge in [-0.25, -0.2) is 0 Å². The van der Waals surface area contributed by atoms with Gasteiger partial charge in [0.1, 0.15) is 4.99 Å². The lowest BCUT2D eigenvalue weighted by molar-refractivity contribution is 1.06. The standard InChI is InChI=1S/C11H13N3S/c1-6-3-4-7-9(14-6)5-8(11(12)15)10(7)13-2/h3-4,13H,5H2,1-2H3,(H2,12,15). The molecule has 0 saturated carbocycles. The maximum atomic E-state index is 5.69. The van der Waals surface area contributed by atoms with Crippen LogP contribution in [-0.2, 0) is 6.42 Å². The van der Waals surface area contributed by atoms with Gasteiger partial charge in [-0.15, -0.1) is 0 Å². The number of nitrogens with two attached hydrogens (primary N) is 1. The molecule has 0 spiro atoms. The van der Waals surface area contributed by atoms with Gasteiger partial charge in [-0.05, 0) is 19.1 Å². The van der Waals surface area contributed by atoms with Gasteiger partial charge in [0.15, 0.2) is 0 Å². The summed E-state index contributed by atoms with van der Waals surface area (Å²) in [5.74, 6) is 0. The molecule has 0 atom stereocenters. The molecule has 15 heavy (non-hydrogen) atoms. The molecule has 0 unspecified atom stereocenters. The van der Waals surface area contributed by atoms with Gasteiger partial charge in [0.05, 0.1) is 5.69 Å². The van der Waals surface area contributed by atoms with E-state index in [0.29, 0.717) is 4.99 Å². The fourth-order valence-corrected chi connectivity index (χ4v) is 2.06. The van der Waals surface area contributed by atoms with Gasteiger partial charge in [0.2, 0.25) is 0 Å². The van der Waals surface area contributed by atoms with Crippen molar-refractivity contribution in [1.29, 1.82) is 0 Å². The van der Waals surface area contributed by atoms with Crippen LogP contribution in [0.5, 0.6) is 0 Å². The van der Waals surface area contributed by atoms with Crippen LogP contribution in [0, 0.1) is 6.92 Å². The third-order valence-electron chi connectivity index (χ3n) is 2.58. The summed E-state index contributed by atoms with van der Waals surface area (Å²) in [6, 6.07) is 4.06. The number of hydrogen-bond acceptors (Lipinski definition) is 3. The smallest absolute Gasteiger partial charge is 0.102 e. The van der Waals surface area contributed by atoms with E-state index in [1.807, 2.05) is 20.0 Å². The normalized spacial score (nSPS) is 14.0. The average Bonchev–Trinajstić information content (AvgIpc) is 2.55. The Kier molecular flexibility index (Phi) is 2.44. The van der Waals surface area contributed by atoms with Crippen LogP contribution in [0.3, 0.4) is 0 Å². The lowest BCUT2D eigenvalue weighted by atomic mass is 10.2. The Hall–Kier alpha value is -1.42. The zero-order valence-electron chi connectivity index (χ0n) is 8.79. The molecule has 0 amide bonds. The lowest BCUT2D eigenvalue weighted by Gasteiger charge is -2.05. The second kappa shape index (κ2) is 3.62. The van der Waals surface area contributed by atoms with Crippen molar-refractivity contribution in [3.8, 4) is 0 Å². The van der Waals surface area contributed by atoms with Gasteiger partial charge in [-0.2, -0.15) is 0 Å². The predicted molar refractivity (Wildman–Crippen MR) is 65.4 cm³/mol. The highest BCUT2D eigenvalue weighted by atomic mass is 32.1. The van der Waals surface area contributed by atoms with Gasteiger partial charge in [0.25, 0.3) is 0 Å². The first kappa shape index (κ1) is 10.1. The van der Waals surface area contributed by atoms with Crippen molar-refractivity contribution in [2.75, 3.05) is 7.05 Å². The quantitative estimate of drug-likeness (QED) is 0.733. The van der Waals surface area contributed by atoms with Crippen molar-refractivity contribution in [3.05, 3.63) is 34.7 Å². The fourth-order valence-electron chi connectivity index (χ4n) is 1.89. The van der Waals surface area contributed by atoms with E-state index in [9.17, 15) is 0 Å². The molecule has 2 rings (SSSR count). The van der Waals surface area contributed by atoms with Crippen LogP contribution in [0.4, 0.5) is 0 Å². The number of pyridine rings is 1. The highest BCUT2D eigenvalue weighted by Crippen LogP contribution is 2.29. The van der Waals surface area contributed by atoms with Crippen LogP contribution in [0.15, 0.2) is 17.7 Å². The number of rotatable bonds is 2. The van der Waals surface area contributed by atoms with Gasteiger partial charge in [-0.1, -0.05) is 12.2 Å². The number of hydrogen-bond donors (Lipinski definition) is 2. The number of nitrogens with zero attached hydrogens (tertiary/aromatic N) is 1. The van der Waals surface area contributed by atoms with Crippen molar-refractivity contribution in [2.45, 2.75) is 13.3 Å². The highest BCUT2D eigenvalue weighted by Gasteiger charge is 2.23. The number of thiocarbonyl (C=S) groups is 1. The molecule has 3 nitrogen and oxygen atoms in total. The first-order valence-corrected chi connectivity index (χ1v) is 5.22. The van der Waals surface area contributed by atoms with Gasteiger partial charge in [-0.3, -0.25) is 4.98 Å². The second-order valence-corrected chi connectivity index (χ2v) is 4.03. The molecule has 1 heterocycles. The minimum absolute atomic E-state index is 0.454. The van der Waals surface area contributed by atoms with E-state index in [2.05, 4.69) is 16.4 Å². The minimum Gasteiger partial charge on any atom is -0.390 e.